The average Bonchev–Trinajstić information content (AvgIpc) is 2.87. The molecule has 114 valence electrons. The number of fused-ring (bicyclic) bond motifs is 1. The number of rotatable bonds is 5. The first-order valence-electron chi connectivity index (χ1n) is 8.23. The third kappa shape index (κ3) is 3.14. The normalized spacial score (nSPS) is 17.6. The number of piperidine rings is 1. The molecule has 2 heterocycles. The number of hydrogen-bond acceptors (Lipinski definition) is 3. The number of likely N-dealkylation sites (tertiary alicyclic amines) is 1. The quantitative estimate of drug-likeness (QED) is 0.906. The lowest BCUT2D eigenvalue weighted by Crippen LogP contribution is -2.33. The zero-order valence-corrected chi connectivity index (χ0v) is 13.0. The summed E-state index contributed by atoms with van der Waals surface area (Å²) in [5, 5.41) is 1.23. The van der Waals surface area contributed by atoms with Gasteiger partial charge in [-0.2, -0.15) is 0 Å². The van der Waals surface area contributed by atoms with Gasteiger partial charge in [0.15, 0.2) is 0 Å². The minimum absolute atomic E-state index is 0.482. The van der Waals surface area contributed by atoms with Crippen LogP contribution in [0.3, 0.4) is 0 Å². The molecule has 2 N–H and O–H groups in total. The molecule has 0 saturated carbocycles. The second-order valence-electron chi connectivity index (χ2n) is 6.21. The molecular formula is C18H26N2O. The molecule has 1 aliphatic rings. The fourth-order valence-electron chi connectivity index (χ4n) is 3.55. The lowest BCUT2D eigenvalue weighted by atomic mass is 9.92. The zero-order valence-electron chi connectivity index (χ0n) is 13.0. The van der Waals surface area contributed by atoms with E-state index in [0.717, 1.165) is 23.8 Å². The second kappa shape index (κ2) is 6.63. The van der Waals surface area contributed by atoms with Gasteiger partial charge in [0.05, 0.1) is 6.54 Å². The molecular weight excluding hydrogens is 260 g/mol. The summed E-state index contributed by atoms with van der Waals surface area (Å²) < 4.78 is 5.90. The molecule has 1 aliphatic heterocycles. The van der Waals surface area contributed by atoms with Crippen LogP contribution >= 0.6 is 0 Å². The summed E-state index contributed by atoms with van der Waals surface area (Å²) in [5.74, 6) is 1.88. The minimum atomic E-state index is 0.482. The van der Waals surface area contributed by atoms with Gasteiger partial charge in [-0.25, -0.2) is 0 Å². The van der Waals surface area contributed by atoms with Gasteiger partial charge in [0, 0.05) is 17.5 Å². The largest absolute Gasteiger partial charge is 0.459 e. The van der Waals surface area contributed by atoms with Gasteiger partial charge in [-0.15, -0.1) is 0 Å². The van der Waals surface area contributed by atoms with Crippen LogP contribution in [-0.2, 0) is 13.1 Å². The summed E-state index contributed by atoms with van der Waals surface area (Å²) in [4.78, 5) is 2.56. The van der Waals surface area contributed by atoms with Crippen LogP contribution in [0.25, 0.3) is 11.0 Å². The molecule has 0 unspecified atom stereocenters. The van der Waals surface area contributed by atoms with Crippen molar-refractivity contribution in [3.05, 3.63) is 35.6 Å². The van der Waals surface area contributed by atoms with Crippen LogP contribution < -0.4 is 5.73 Å². The highest BCUT2D eigenvalue weighted by atomic mass is 16.3. The third-order valence-electron chi connectivity index (χ3n) is 4.75. The Bertz CT molecular complexity index is 582. The number of nitrogens with two attached hydrogens (primary N) is 1. The Morgan fingerprint density at radius 3 is 2.71 bits per heavy atom. The highest BCUT2D eigenvalue weighted by Crippen LogP contribution is 2.29. The third-order valence-corrected chi connectivity index (χ3v) is 4.75. The Morgan fingerprint density at radius 1 is 1.24 bits per heavy atom. The Kier molecular flexibility index (Phi) is 4.61. The molecule has 1 saturated heterocycles. The van der Waals surface area contributed by atoms with Crippen LogP contribution in [0.5, 0.6) is 0 Å². The van der Waals surface area contributed by atoms with Crippen LogP contribution in [0.15, 0.2) is 28.7 Å². The van der Waals surface area contributed by atoms with E-state index in [1.807, 2.05) is 12.1 Å². The summed E-state index contributed by atoms with van der Waals surface area (Å²) in [6.07, 6.45) is 5.37. The fourth-order valence-corrected chi connectivity index (χ4v) is 3.55. The van der Waals surface area contributed by atoms with E-state index in [1.54, 1.807) is 0 Å². The molecule has 3 heteroatoms. The number of benzene rings is 1. The van der Waals surface area contributed by atoms with Crippen molar-refractivity contribution in [3.63, 3.8) is 0 Å². The Balaban J connectivity index is 1.73. The van der Waals surface area contributed by atoms with E-state index in [9.17, 15) is 0 Å². The molecule has 3 nitrogen and oxygen atoms in total. The first kappa shape index (κ1) is 14.6. The highest BCUT2D eigenvalue weighted by molar-refractivity contribution is 5.82. The van der Waals surface area contributed by atoms with E-state index in [0.29, 0.717) is 6.54 Å². The molecule has 0 aliphatic carbocycles. The summed E-state index contributed by atoms with van der Waals surface area (Å²) in [7, 11) is 0. The lowest BCUT2D eigenvalue weighted by Gasteiger charge is -2.31. The number of hydrogen-bond donors (Lipinski definition) is 1. The molecule has 0 radical (unpaired) electrons. The topological polar surface area (TPSA) is 42.4 Å². The molecule has 1 aromatic heterocycles. The minimum Gasteiger partial charge on any atom is -0.459 e. The summed E-state index contributed by atoms with van der Waals surface area (Å²) >= 11 is 0. The summed E-state index contributed by atoms with van der Waals surface area (Å²) in [6.45, 7) is 6.15. The fraction of sp³-hybridized carbons (Fsp3) is 0.556. The first-order chi connectivity index (χ1) is 10.3. The average molecular weight is 286 g/mol. The van der Waals surface area contributed by atoms with E-state index in [4.69, 9.17) is 10.2 Å². The maximum atomic E-state index is 5.90. The van der Waals surface area contributed by atoms with E-state index in [2.05, 4.69) is 24.0 Å². The molecule has 1 aromatic carbocycles. The lowest BCUT2D eigenvalue weighted by molar-refractivity contribution is 0.171. The predicted octanol–water partition coefficient (Wildman–Crippen LogP) is 3.90. The number of furan rings is 1. The maximum Gasteiger partial charge on any atom is 0.134 e. The van der Waals surface area contributed by atoms with Crippen molar-refractivity contribution in [2.75, 3.05) is 13.1 Å². The van der Waals surface area contributed by atoms with Gasteiger partial charge >= 0.3 is 0 Å². The van der Waals surface area contributed by atoms with Crippen LogP contribution in [0.4, 0.5) is 0 Å². The SMILES string of the molecule is CCCC1CCN(Cc2c(CN)oc3ccccc23)CC1. The number of para-hydroxylation sites is 1. The monoisotopic (exact) mass is 286 g/mol. The van der Waals surface area contributed by atoms with E-state index < -0.39 is 0 Å². The van der Waals surface area contributed by atoms with Crippen LogP contribution in [0.2, 0.25) is 0 Å². The standard InChI is InChI=1S/C18H26N2O/c1-2-5-14-8-10-20(11-9-14)13-16-15-6-3-4-7-17(15)21-18(16)12-19/h3-4,6-7,14H,2,5,8-13,19H2,1H3. The maximum absolute atomic E-state index is 5.90. The van der Waals surface area contributed by atoms with E-state index >= 15 is 0 Å². The van der Waals surface area contributed by atoms with Gasteiger partial charge in [0.25, 0.3) is 0 Å². The second-order valence-corrected chi connectivity index (χ2v) is 6.21. The molecule has 2 aromatic rings. The summed E-state index contributed by atoms with van der Waals surface area (Å²) in [5.41, 5.74) is 8.13. The van der Waals surface area contributed by atoms with E-state index in [1.165, 1.54) is 49.7 Å². The van der Waals surface area contributed by atoms with Crippen molar-refractivity contribution in [3.8, 4) is 0 Å². The predicted molar refractivity (Wildman–Crippen MR) is 87.0 cm³/mol. The Labute approximate surface area is 127 Å². The molecule has 3 rings (SSSR count). The molecule has 0 spiro atoms. The van der Waals surface area contributed by atoms with Crippen molar-refractivity contribution in [2.24, 2.45) is 11.7 Å². The molecule has 0 atom stereocenters. The van der Waals surface area contributed by atoms with Gasteiger partial charge in [-0.1, -0.05) is 38.0 Å². The van der Waals surface area contributed by atoms with Gasteiger partial charge in [-0.05, 0) is 37.9 Å². The Morgan fingerprint density at radius 2 is 2.00 bits per heavy atom. The van der Waals surface area contributed by atoms with Crippen molar-refractivity contribution >= 4 is 11.0 Å². The van der Waals surface area contributed by atoms with E-state index in [-0.39, 0.29) is 0 Å². The van der Waals surface area contributed by atoms with Crippen LogP contribution in [0.1, 0.15) is 43.9 Å². The van der Waals surface area contributed by atoms with Gasteiger partial charge in [-0.3, -0.25) is 4.90 Å². The molecule has 0 bridgehead atoms. The Hall–Kier alpha value is -1.32. The van der Waals surface area contributed by atoms with Gasteiger partial charge in [0.1, 0.15) is 11.3 Å². The van der Waals surface area contributed by atoms with Gasteiger partial charge < -0.3 is 10.2 Å². The van der Waals surface area contributed by atoms with Crippen LogP contribution in [-0.4, -0.2) is 18.0 Å². The number of nitrogens with zero attached hydrogens (tertiary/aromatic N) is 1. The van der Waals surface area contributed by atoms with Crippen molar-refractivity contribution in [2.45, 2.75) is 45.7 Å². The van der Waals surface area contributed by atoms with Crippen molar-refractivity contribution in [1.82, 2.24) is 4.90 Å². The first-order valence-corrected chi connectivity index (χ1v) is 8.23. The van der Waals surface area contributed by atoms with Crippen molar-refractivity contribution < 1.29 is 4.42 Å². The summed E-state index contributed by atoms with van der Waals surface area (Å²) in [6, 6.07) is 8.28. The van der Waals surface area contributed by atoms with Crippen LogP contribution in [0, 0.1) is 5.92 Å². The highest BCUT2D eigenvalue weighted by Gasteiger charge is 2.21. The molecule has 21 heavy (non-hydrogen) atoms. The van der Waals surface area contributed by atoms with Gasteiger partial charge in [0.2, 0.25) is 0 Å². The molecule has 1 fully saturated rings. The smallest absolute Gasteiger partial charge is 0.134 e. The van der Waals surface area contributed by atoms with Crippen molar-refractivity contribution in [1.29, 1.82) is 0 Å². The zero-order chi connectivity index (χ0) is 14.7. The molecule has 0 amide bonds.